The number of hydrogen-bond donors (Lipinski definition) is 0. The van der Waals surface area contributed by atoms with Crippen LogP contribution >= 0.6 is 0 Å². The van der Waals surface area contributed by atoms with E-state index in [1.54, 1.807) is 19.1 Å². The molecular formula is C13H20O4S. The second-order valence-corrected chi connectivity index (χ2v) is 6.73. The molecule has 4 nitrogen and oxygen atoms in total. The molecule has 0 N–H and O–H groups in total. The van der Waals surface area contributed by atoms with Crippen molar-refractivity contribution in [2.75, 3.05) is 0 Å². The lowest BCUT2D eigenvalue weighted by atomic mass is 10.2. The third-order valence-electron chi connectivity index (χ3n) is 2.09. The van der Waals surface area contributed by atoms with Crippen molar-refractivity contribution in [1.29, 1.82) is 0 Å². The molecule has 0 aliphatic rings. The minimum atomic E-state index is -3.77. The van der Waals surface area contributed by atoms with Gasteiger partial charge in [0, 0.05) is 0 Å². The summed E-state index contributed by atoms with van der Waals surface area (Å²) in [6.07, 6.45) is -0.823. The normalized spacial score (nSPS) is 14.5. The zero-order valence-corrected chi connectivity index (χ0v) is 12.2. The molecule has 1 rings (SSSR count). The van der Waals surface area contributed by atoms with Crippen molar-refractivity contribution in [1.82, 2.24) is 0 Å². The quantitative estimate of drug-likeness (QED) is 0.624. The van der Waals surface area contributed by atoms with E-state index in [9.17, 15) is 8.42 Å². The first-order valence-corrected chi connectivity index (χ1v) is 7.19. The maximum absolute atomic E-state index is 11.9. The maximum atomic E-state index is 11.9. The fourth-order valence-electron chi connectivity index (χ4n) is 1.46. The highest BCUT2D eigenvalue weighted by atomic mass is 32.2. The molecule has 0 fully saturated rings. The van der Waals surface area contributed by atoms with Crippen LogP contribution in [0.15, 0.2) is 29.2 Å². The van der Waals surface area contributed by atoms with Crippen LogP contribution in [0.3, 0.4) is 0 Å². The van der Waals surface area contributed by atoms with Gasteiger partial charge in [-0.25, -0.2) is 4.18 Å². The summed E-state index contributed by atoms with van der Waals surface area (Å²) >= 11 is 0. The smallest absolute Gasteiger partial charge is 0.299 e. The van der Waals surface area contributed by atoms with Gasteiger partial charge in [0.05, 0.1) is 10.5 Å². The van der Waals surface area contributed by atoms with Gasteiger partial charge in [0.1, 0.15) is 0 Å². The van der Waals surface area contributed by atoms with Gasteiger partial charge in [-0.15, -0.1) is 0 Å². The molecule has 102 valence electrons. The van der Waals surface area contributed by atoms with Gasteiger partial charge in [0.25, 0.3) is 10.1 Å². The molecule has 0 amide bonds. The highest BCUT2D eigenvalue weighted by Gasteiger charge is 2.23. The third kappa shape index (κ3) is 4.76. The van der Waals surface area contributed by atoms with Crippen molar-refractivity contribution in [2.45, 2.75) is 51.4 Å². The number of rotatable bonds is 4. The number of benzene rings is 1. The number of hydrogen-bond acceptors (Lipinski definition) is 4. The molecule has 0 spiro atoms. The fraction of sp³-hybridized carbons (Fsp3) is 0.538. The average Bonchev–Trinajstić information content (AvgIpc) is 2.13. The monoisotopic (exact) mass is 272 g/mol. The van der Waals surface area contributed by atoms with Gasteiger partial charge < -0.3 is 4.74 Å². The summed E-state index contributed by atoms with van der Waals surface area (Å²) in [6.45, 7) is 8.97. The van der Waals surface area contributed by atoms with Crippen molar-refractivity contribution < 1.29 is 17.3 Å². The molecule has 18 heavy (non-hydrogen) atoms. The van der Waals surface area contributed by atoms with Crippen LogP contribution in [0, 0.1) is 6.92 Å². The lowest BCUT2D eigenvalue weighted by molar-refractivity contribution is -0.137. The second kappa shape index (κ2) is 5.38. The standard InChI is InChI=1S/C13H20O4S/c1-10-6-8-12(9-7-10)18(14,15)17-11(2)16-13(3,4)5/h6-9,11H,1-5H3. The van der Waals surface area contributed by atoms with E-state index in [-0.39, 0.29) is 4.90 Å². The number of aryl methyl sites for hydroxylation is 1. The number of ether oxygens (including phenoxy) is 1. The Bertz CT molecular complexity index is 483. The van der Waals surface area contributed by atoms with Crippen LogP contribution in [-0.2, 0) is 19.0 Å². The molecule has 0 bridgehead atoms. The molecule has 0 saturated heterocycles. The SMILES string of the molecule is Cc1ccc(S(=O)(=O)OC(C)OC(C)(C)C)cc1. The Hall–Kier alpha value is -0.910. The molecule has 1 atom stereocenters. The predicted molar refractivity (Wildman–Crippen MR) is 69.7 cm³/mol. The lowest BCUT2D eigenvalue weighted by Gasteiger charge is -2.24. The van der Waals surface area contributed by atoms with Crippen LogP contribution in [-0.4, -0.2) is 20.3 Å². The Labute approximate surface area is 109 Å². The van der Waals surface area contributed by atoms with Crippen LogP contribution < -0.4 is 0 Å². The Kier molecular flexibility index (Phi) is 4.53. The van der Waals surface area contributed by atoms with Crippen LogP contribution in [0.4, 0.5) is 0 Å². The average molecular weight is 272 g/mol. The third-order valence-corrected chi connectivity index (χ3v) is 3.47. The van der Waals surface area contributed by atoms with E-state index in [0.717, 1.165) is 5.56 Å². The molecule has 1 aromatic rings. The summed E-state index contributed by atoms with van der Waals surface area (Å²) < 4.78 is 34.3. The molecule has 1 unspecified atom stereocenters. The van der Waals surface area contributed by atoms with Gasteiger partial charge in [-0.2, -0.15) is 8.42 Å². The molecule has 0 saturated carbocycles. The van der Waals surface area contributed by atoms with Crippen molar-refractivity contribution in [3.05, 3.63) is 29.8 Å². The zero-order chi connectivity index (χ0) is 14.0. The predicted octanol–water partition coefficient (Wildman–Crippen LogP) is 2.86. The highest BCUT2D eigenvalue weighted by molar-refractivity contribution is 7.86. The Balaban J connectivity index is 2.79. The first-order valence-electron chi connectivity index (χ1n) is 5.78. The summed E-state index contributed by atoms with van der Waals surface area (Å²) in [5.41, 5.74) is 0.537. The topological polar surface area (TPSA) is 52.6 Å². The van der Waals surface area contributed by atoms with Crippen LogP contribution in [0.5, 0.6) is 0 Å². The van der Waals surface area contributed by atoms with Gasteiger partial charge in [-0.3, -0.25) is 0 Å². The van der Waals surface area contributed by atoms with E-state index in [0.29, 0.717) is 0 Å². The van der Waals surface area contributed by atoms with E-state index in [4.69, 9.17) is 8.92 Å². The van der Waals surface area contributed by atoms with Gasteiger partial charge in [-0.1, -0.05) is 17.7 Å². The van der Waals surface area contributed by atoms with Crippen molar-refractivity contribution in [3.8, 4) is 0 Å². The zero-order valence-electron chi connectivity index (χ0n) is 11.4. The van der Waals surface area contributed by atoms with Gasteiger partial charge in [0.2, 0.25) is 0 Å². The van der Waals surface area contributed by atoms with E-state index in [2.05, 4.69) is 0 Å². The molecule has 0 aromatic heterocycles. The summed E-state index contributed by atoms with van der Waals surface area (Å²) in [6, 6.07) is 6.50. The second-order valence-electron chi connectivity index (χ2n) is 5.16. The van der Waals surface area contributed by atoms with E-state index in [1.807, 2.05) is 27.7 Å². The fourth-order valence-corrected chi connectivity index (χ4v) is 2.43. The van der Waals surface area contributed by atoms with Crippen molar-refractivity contribution in [3.63, 3.8) is 0 Å². The Morgan fingerprint density at radius 1 is 1.11 bits per heavy atom. The molecule has 0 radical (unpaired) electrons. The summed E-state index contributed by atoms with van der Waals surface area (Å²) in [7, 11) is -3.77. The largest absolute Gasteiger partial charge is 0.346 e. The highest BCUT2D eigenvalue weighted by Crippen LogP contribution is 2.18. The summed E-state index contributed by atoms with van der Waals surface area (Å²) in [5.74, 6) is 0. The summed E-state index contributed by atoms with van der Waals surface area (Å²) in [4.78, 5) is 0.137. The first kappa shape index (κ1) is 15.1. The molecule has 5 heteroatoms. The minimum absolute atomic E-state index is 0.137. The molecular weight excluding hydrogens is 252 g/mol. The molecule has 1 aromatic carbocycles. The van der Waals surface area contributed by atoms with Crippen molar-refractivity contribution >= 4 is 10.1 Å². The first-order chi connectivity index (χ1) is 8.10. The maximum Gasteiger partial charge on any atom is 0.299 e. The minimum Gasteiger partial charge on any atom is -0.346 e. The van der Waals surface area contributed by atoms with E-state index < -0.39 is 22.0 Å². The lowest BCUT2D eigenvalue weighted by Crippen LogP contribution is -2.29. The Morgan fingerprint density at radius 3 is 2.06 bits per heavy atom. The van der Waals surface area contributed by atoms with Gasteiger partial charge >= 0.3 is 0 Å². The Morgan fingerprint density at radius 2 is 1.61 bits per heavy atom. The van der Waals surface area contributed by atoms with Crippen molar-refractivity contribution in [2.24, 2.45) is 0 Å². The molecule has 0 heterocycles. The van der Waals surface area contributed by atoms with Gasteiger partial charge in [0.15, 0.2) is 6.29 Å². The summed E-state index contributed by atoms with van der Waals surface area (Å²) in [5, 5.41) is 0. The van der Waals surface area contributed by atoms with Crippen LogP contribution in [0.25, 0.3) is 0 Å². The molecule has 0 aliphatic heterocycles. The van der Waals surface area contributed by atoms with E-state index >= 15 is 0 Å². The molecule has 0 aliphatic carbocycles. The van der Waals surface area contributed by atoms with Crippen LogP contribution in [0.1, 0.15) is 33.3 Å². The van der Waals surface area contributed by atoms with Crippen LogP contribution in [0.2, 0.25) is 0 Å². The van der Waals surface area contributed by atoms with E-state index in [1.165, 1.54) is 12.1 Å². The van der Waals surface area contributed by atoms with Gasteiger partial charge in [-0.05, 0) is 46.8 Å².